The number of aromatic nitrogens is 4. The van der Waals surface area contributed by atoms with Crippen LogP contribution in [0.5, 0.6) is 5.88 Å². The van der Waals surface area contributed by atoms with E-state index in [4.69, 9.17) is 4.98 Å². The van der Waals surface area contributed by atoms with Crippen LogP contribution in [0.25, 0.3) is 0 Å². The molecule has 2 amide bonds. The second kappa shape index (κ2) is 7.58. The Kier molecular flexibility index (Phi) is 4.71. The Balaban J connectivity index is 0.828. The van der Waals surface area contributed by atoms with E-state index in [1.165, 1.54) is 25.1 Å². The van der Waals surface area contributed by atoms with Crippen molar-refractivity contribution >= 4 is 6.03 Å². The molecule has 3 saturated carbocycles. The summed E-state index contributed by atoms with van der Waals surface area (Å²) < 4.78 is 40.7. The first-order chi connectivity index (χ1) is 17.2. The summed E-state index contributed by atoms with van der Waals surface area (Å²) >= 11 is 0. The molecule has 11 heteroatoms. The molecule has 2 aliphatic heterocycles. The number of rotatable bonds is 5. The SMILES string of the molecule is O=C(N1CC2(CC(Cc3ccc(OC(F)(F)F)nc3)C2)C1)N1CC2(CC(c3n[nH]c(C4CC4)n3)C2)C1. The van der Waals surface area contributed by atoms with Crippen LogP contribution in [0.4, 0.5) is 18.0 Å². The van der Waals surface area contributed by atoms with Crippen LogP contribution in [0.1, 0.15) is 67.6 Å². The first-order valence-corrected chi connectivity index (χ1v) is 12.8. The average molecular weight is 503 g/mol. The fourth-order valence-corrected chi connectivity index (χ4v) is 7.05. The number of urea groups is 1. The fourth-order valence-electron chi connectivity index (χ4n) is 7.05. The van der Waals surface area contributed by atoms with Gasteiger partial charge in [-0.1, -0.05) is 6.07 Å². The van der Waals surface area contributed by atoms with Crippen LogP contribution in [-0.4, -0.2) is 68.5 Å². The Labute approximate surface area is 206 Å². The number of hydrogen-bond donors (Lipinski definition) is 1. The highest BCUT2D eigenvalue weighted by molar-refractivity contribution is 5.77. The highest BCUT2D eigenvalue weighted by atomic mass is 19.4. The molecule has 0 unspecified atom stereocenters. The molecule has 0 aromatic carbocycles. The Morgan fingerprint density at radius 1 is 1.03 bits per heavy atom. The quantitative estimate of drug-likeness (QED) is 0.661. The second-order valence-electron chi connectivity index (χ2n) is 12.0. The summed E-state index contributed by atoms with van der Waals surface area (Å²) in [6.45, 7) is 3.31. The summed E-state index contributed by atoms with van der Waals surface area (Å²) in [6.07, 6.45) is 4.19. The maximum Gasteiger partial charge on any atom is 0.574 e. The lowest BCUT2D eigenvalue weighted by atomic mass is 9.56. The maximum absolute atomic E-state index is 12.9. The van der Waals surface area contributed by atoms with E-state index in [9.17, 15) is 18.0 Å². The zero-order chi connectivity index (χ0) is 24.7. The smallest absolute Gasteiger partial charge is 0.388 e. The number of nitrogens with one attached hydrogen (secondary N) is 1. The molecular weight excluding hydrogens is 473 g/mol. The van der Waals surface area contributed by atoms with E-state index in [-0.39, 0.29) is 16.9 Å². The minimum Gasteiger partial charge on any atom is -0.388 e. The number of alkyl halides is 3. The Hall–Kier alpha value is -2.85. The number of likely N-dealkylation sites (tertiary alicyclic amines) is 2. The van der Waals surface area contributed by atoms with Gasteiger partial charge in [0.1, 0.15) is 5.82 Å². The van der Waals surface area contributed by atoms with Gasteiger partial charge in [-0.25, -0.2) is 14.8 Å². The summed E-state index contributed by atoms with van der Waals surface area (Å²) in [6, 6.07) is 3.08. The number of nitrogens with zero attached hydrogens (tertiary/aromatic N) is 5. The van der Waals surface area contributed by atoms with Crippen molar-refractivity contribution in [3.05, 3.63) is 35.5 Å². The predicted octanol–water partition coefficient (Wildman–Crippen LogP) is 4.23. The molecule has 192 valence electrons. The normalized spacial score (nSPS) is 24.8. The largest absolute Gasteiger partial charge is 0.574 e. The maximum atomic E-state index is 12.9. The van der Waals surface area contributed by atoms with Gasteiger partial charge in [0.15, 0.2) is 5.82 Å². The molecule has 7 rings (SSSR count). The number of pyridine rings is 1. The molecule has 2 aromatic rings. The predicted molar refractivity (Wildman–Crippen MR) is 121 cm³/mol. The zero-order valence-electron chi connectivity index (χ0n) is 19.9. The molecule has 2 aromatic heterocycles. The van der Waals surface area contributed by atoms with Crippen LogP contribution >= 0.6 is 0 Å². The minimum absolute atomic E-state index is 0.163. The third kappa shape index (κ3) is 4.00. The van der Waals surface area contributed by atoms with Gasteiger partial charge in [0.25, 0.3) is 0 Å². The number of carbonyl (C=O) groups is 1. The highest BCUT2D eigenvalue weighted by Gasteiger charge is 2.58. The van der Waals surface area contributed by atoms with Crippen LogP contribution in [0.2, 0.25) is 0 Å². The molecule has 2 saturated heterocycles. The van der Waals surface area contributed by atoms with Crippen molar-refractivity contribution in [2.75, 3.05) is 26.2 Å². The lowest BCUT2D eigenvalue weighted by molar-refractivity contribution is -0.276. The first kappa shape index (κ1) is 22.4. The Morgan fingerprint density at radius 3 is 2.28 bits per heavy atom. The van der Waals surface area contributed by atoms with E-state index in [0.29, 0.717) is 17.8 Å². The van der Waals surface area contributed by atoms with E-state index in [1.807, 2.05) is 9.80 Å². The first-order valence-electron chi connectivity index (χ1n) is 12.8. The Morgan fingerprint density at radius 2 is 1.69 bits per heavy atom. The van der Waals surface area contributed by atoms with E-state index in [0.717, 1.165) is 75.5 Å². The van der Waals surface area contributed by atoms with E-state index in [1.54, 1.807) is 6.07 Å². The number of aromatic amines is 1. The molecule has 0 atom stereocenters. The lowest BCUT2D eigenvalue weighted by Gasteiger charge is -2.63. The number of carbonyl (C=O) groups excluding carboxylic acids is 1. The van der Waals surface area contributed by atoms with Gasteiger partial charge in [0, 0.05) is 61.1 Å². The van der Waals surface area contributed by atoms with Crippen LogP contribution in [0.15, 0.2) is 18.3 Å². The number of halogens is 3. The number of hydrogen-bond acceptors (Lipinski definition) is 5. The van der Waals surface area contributed by atoms with Crippen LogP contribution in [0.3, 0.4) is 0 Å². The molecule has 36 heavy (non-hydrogen) atoms. The van der Waals surface area contributed by atoms with Crippen molar-refractivity contribution in [1.82, 2.24) is 30.0 Å². The van der Waals surface area contributed by atoms with Crippen molar-refractivity contribution < 1.29 is 22.7 Å². The molecular formula is C25H29F3N6O2. The molecule has 0 bridgehead atoms. The summed E-state index contributed by atoms with van der Waals surface area (Å²) in [7, 11) is 0. The van der Waals surface area contributed by atoms with Crippen LogP contribution in [0, 0.1) is 16.7 Å². The van der Waals surface area contributed by atoms with Crippen LogP contribution < -0.4 is 4.74 Å². The Bertz CT molecular complexity index is 1150. The van der Waals surface area contributed by atoms with Crippen molar-refractivity contribution in [3.8, 4) is 5.88 Å². The second-order valence-corrected chi connectivity index (χ2v) is 12.0. The van der Waals surface area contributed by atoms with Crippen molar-refractivity contribution in [2.45, 2.75) is 63.1 Å². The monoisotopic (exact) mass is 502 g/mol. The van der Waals surface area contributed by atoms with E-state index < -0.39 is 12.2 Å². The molecule has 8 nitrogen and oxygen atoms in total. The van der Waals surface area contributed by atoms with Gasteiger partial charge in [-0.05, 0) is 56.4 Å². The van der Waals surface area contributed by atoms with E-state index in [2.05, 4.69) is 19.9 Å². The standard InChI is InChI=1S/C25H29F3N6O2/c26-25(27,28)36-19-4-1-15(10-29-19)5-16-6-23(7-16)11-33(12-23)22(35)34-13-24(14-34)8-18(9-24)21-30-20(31-32-21)17-2-3-17/h1,4,10,16-18H,2-3,5-9,11-14H2,(H,30,31,32). The molecule has 1 N–H and O–H groups in total. The summed E-state index contributed by atoms with van der Waals surface area (Å²) in [5.41, 5.74) is 1.40. The number of ether oxygens (including phenoxy) is 1. The summed E-state index contributed by atoms with van der Waals surface area (Å²) in [4.78, 5) is 25.3. The molecule has 5 fully saturated rings. The van der Waals surface area contributed by atoms with Crippen LogP contribution in [-0.2, 0) is 6.42 Å². The lowest BCUT2D eigenvalue weighted by Crippen LogP contribution is -2.70. The molecule has 4 heterocycles. The zero-order valence-corrected chi connectivity index (χ0v) is 19.9. The van der Waals surface area contributed by atoms with Gasteiger partial charge < -0.3 is 14.5 Å². The topological polar surface area (TPSA) is 87.2 Å². The average Bonchev–Trinajstić information content (AvgIpc) is 3.44. The number of H-pyrrole nitrogens is 1. The van der Waals surface area contributed by atoms with Gasteiger partial charge in [-0.3, -0.25) is 5.10 Å². The van der Waals surface area contributed by atoms with Gasteiger partial charge >= 0.3 is 12.4 Å². The molecule has 5 aliphatic rings. The molecule has 2 spiro atoms. The molecule has 3 aliphatic carbocycles. The molecule has 0 radical (unpaired) electrons. The minimum atomic E-state index is -4.73. The number of amides is 2. The van der Waals surface area contributed by atoms with E-state index >= 15 is 0 Å². The fraction of sp³-hybridized carbons (Fsp3) is 0.680. The highest BCUT2D eigenvalue weighted by Crippen LogP contribution is 2.57. The van der Waals surface area contributed by atoms with Gasteiger partial charge in [-0.2, -0.15) is 5.10 Å². The van der Waals surface area contributed by atoms with Gasteiger partial charge in [0.2, 0.25) is 5.88 Å². The van der Waals surface area contributed by atoms with Crippen molar-refractivity contribution in [3.63, 3.8) is 0 Å². The van der Waals surface area contributed by atoms with Crippen molar-refractivity contribution in [1.29, 1.82) is 0 Å². The summed E-state index contributed by atoms with van der Waals surface area (Å²) in [5, 5.41) is 7.54. The third-order valence-corrected chi connectivity index (χ3v) is 8.84. The van der Waals surface area contributed by atoms with Gasteiger partial charge in [0.05, 0.1) is 0 Å². The summed E-state index contributed by atoms with van der Waals surface area (Å²) in [5.74, 6) is 3.06. The van der Waals surface area contributed by atoms with Crippen molar-refractivity contribution in [2.24, 2.45) is 16.7 Å². The third-order valence-electron chi connectivity index (χ3n) is 8.84. The van der Waals surface area contributed by atoms with Gasteiger partial charge in [-0.15, -0.1) is 13.2 Å².